The van der Waals surface area contributed by atoms with Crippen molar-refractivity contribution < 1.29 is 14.3 Å². The summed E-state index contributed by atoms with van der Waals surface area (Å²) in [6.07, 6.45) is 7.17. The summed E-state index contributed by atoms with van der Waals surface area (Å²) in [5.74, 6) is 3.00. The maximum Gasteiger partial charge on any atom is 0.341 e. The van der Waals surface area contributed by atoms with Crippen molar-refractivity contribution in [2.75, 3.05) is 6.61 Å². The number of hydrogen-bond donors (Lipinski definition) is 0. The number of carbonyl (C=O) groups excluding carboxylic acids is 1. The second kappa shape index (κ2) is 7.39. The fraction of sp³-hybridized carbons (Fsp3) is 0.571. The van der Waals surface area contributed by atoms with E-state index in [9.17, 15) is 4.79 Å². The number of fused-ring (bicyclic) bond motifs is 2. The lowest BCUT2D eigenvalue weighted by Gasteiger charge is -2.20. The van der Waals surface area contributed by atoms with Crippen molar-refractivity contribution in [3.63, 3.8) is 0 Å². The molecule has 0 aliphatic heterocycles. The summed E-state index contributed by atoms with van der Waals surface area (Å²) in [4.78, 5) is 16.5. The molecule has 0 saturated heterocycles. The zero-order valence-corrected chi connectivity index (χ0v) is 17.3. The molecule has 0 spiro atoms. The van der Waals surface area contributed by atoms with Gasteiger partial charge in [0.1, 0.15) is 10.8 Å². The molecule has 2 aromatic heterocycles. The Morgan fingerprint density at radius 2 is 2.07 bits per heavy atom. The second-order valence-electron chi connectivity index (χ2n) is 8.85. The van der Waals surface area contributed by atoms with Crippen molar-refractivity contribution in [2.45, 2.75) is 52.1 Å². The van der Waals surface area contributed by atoms with E-state index in [0.29, 0.717) is 17.6 Å². The molecule has 3 atom stereocenters. The summed E-state index contributed by atoms with van der Waals surface area (Å²) in [5.41, 5.74) is -0.355. The van der Waals surface area contributed by atoms with E-state index in [-0.39, 0.29) is 10.7 Å². The van der Waals surface area contributed by atoms with Crippen LogP contribution in [-0.4, -0.2) is 32.9 Å². The largest absolute Gasteiger partial charge is 0.476 e. The first-order chi connectivity index (χ1) is 13.3. The first kappa shape index (κ1) is 19.2. The van der Waals surface area contributed by atoms with Crippen molar-refractivity contribution in [3.8, 4) is 11.7 Å². The smallest absolute Gasteiger partial charge is 0.341 e. The van der Waals surface area contributed by atoms with E-state index in [1.165, 1.54) is 25.7 Å². The van der Waals surface area contributed by atoms with Crippen LogP contribution in [0, 0.1) is 17.8 Å². The normalized spacial score (nSPS) is 23.8. The monoisotopic (exact) mass is 403 g/mol. The minimum absolute atomic E-state index is 0.0895. The third kappa shape index (κ3) is 4.17. The number of ether oxygens (including phenoxy) is 2. The van der Waals surface area contributed by atoms with Crippen LogP contribution in [0.1, 0.15) is 56.8 Å². The lowest BCUT2D eigenvalue weighted by Crippen LogP contribution is -2.24. The highest BCUT2D eigenvalue weighted by molar-refractivity contribution is 6.32. The van der Waals surface area contributed by atoms with E-state index in [4.69, 9.17) is 21.1 Å². The Morgan fingerprint density at radius 1 is 1.25 bits per heavy atom. The van der Waals surface area contributed by atoms with Gasteiger partial charge in [0.25, 0.3) is 0 Å². The van der Waals surface area contributed by atoms with E-state index < -0.39 is 11.6 Å². The van der Waals surface area contributed by atoms with Gasteiger partial charge in [-0.1, -0.05) is 18.0 Å². The molecule has 7 heteroatoms. The Labute approximate surface area is 170 Å². The van der Waals surface area contributed by atoms with Crippen molar-refractivity contribution in [3.05, 3.63) is 35.1 Å². The summed E-state index contributed by atoms with van der Waals surface area (Å²) in [6, 6.07) is 5.12. The van der Waals surface area contributed by atoms with Crippen LogP contribution in [0.2, 0.25) is 5.15 Å². The van der Waals surface area contributed by atoms with Gasteiger partial charge in [-0.15, -0.1) is 5.10 Å². The number of hydrogen-bond acceptors (Lipinski definition) is 5. The van der Waals surface area contributed by atoms with Crippen LogP contribution >= 0.6 is 11.6 Å². The summed E-state index contributed by atoms with van der Waals surface area (Å²) < 4.78 is 12.9. The van der Waals surface area contributed by atoms with Crippen LogP contribution in [0.5, 0.6) is 5.88 Å². The third-order valence-corrected chi connectivity index (χ3v) is 5.87. The van der Waals surface area contributed by atoms with E-state index in [0.717, 1.165) is 18.4 Å². The predicted molar refractivity (Wildman–Crippen MR) is 106 cm³/mol. The average molecular weight is 404 g/mol. The molecule has 150 valence electrons. The average Bonchev–Trinajstić information content (AvgIpc) is 3.35. The van der Waals surface area contributed by atoms with Crippen LogP contribution < -0.4 is 4.74 Å². The quantitative estimate of drug-likeness (QED) is 0.535. The van der Waals surface area contributed by atoms with Crippen LogP contribution in [0.25, 0.3) is 5.82 Å². The summed E-state index contributed by atoms with van der Waals surface area (Å²) in [6.45, 7) is 6.15. The van der Waals surface area contributed by atoms with Crippen LogP contribution in [0.4, 0.5) is 0 Å². The molecular formula is C21H26ClN3O3. The lowest BCUT2D eigenvalue weighted by molar-refractivity contribution is 0.00693. The Hall–Kier alpha value is -2.08. The first-order valence-electron chi connectivity index (χ1n) is 9.87. The number of nitrogens with zero attached hydrogens (tertiary/aromatic N) is 3. The summed E-state index contributed by atoms with van der Waals surface area (Å²) in [5, 5.41) is 4.53. The molecule has 0 aromatic carbocycles. The fourth-order valence-corrected chi connectivity index (χ4v) is 4.55. The molecule has 2 aliphatic rings. The van der Waals surface area contributed by atoms with Crippen molar-refractivity contribution in [2.24, 2.45) is 17.8 Å². The van der Waals surface area contributed by atoms with Gasteiger partial charge in [0.15, 0.2) is 5.82 Å². The van der Waals surface area contributed by atoms with Gasteiger partial charge in [0.2, 0.25) is 5.88 Å². The highest BCUT2D eigenvalue weighted by Gasteiger charge is 2.39. The number of esters is 1. The van der Waals surface area contributed by atoms with Gasteiger partial charge in [-0.05, 0) is 69.9 Å². The molecule has 6 nitrogen and oxygen atoms in total. The molecular weight excluding hydrogens is 378 g/mol. The van der Waals surface area contributed by atoms with Crippen LogP contribution in [0.3, 0.4) is 0 Å². The molecule has 0 amide bonds. The van der Waals surface area contributed by atoms with Crippen LogP contribution in [-0.2, 0) is 4.74 Å². The van der Waals surface area contributed by atoms with Gasteiger partial charge in [0.05, 0.1) is 12.2 Å². The molecule has 2 fully saturated rings. The van der Waals surface area contributed by atoms with E-state index in [1.54, 1.807) is 23.0 Å². The Morgan fingerprint density at radius 3 is 2.71 bits per heavy atom. The van der Waals surface area contributed by atoms with E-state index in [1.807, 2.05) is 26.8 Å². The molecule has 4 rings (SSSR count). The molecule has 2 aromatic rings. The van der Waals surface area contributed by atoms with Crippen molar-refractivity contribution in [1.82, 2.24) is 14.8 Å². The SMILES string of the molecule is CC(C)(C)OC(=O)c1ccc(-n2ccc(OCC3CC4CC[C@H]3C4)n2)nc1Cl. The van der Waals surface area contributed by atoms with Gasteiger partial charge < -0.3 is 9.47 Å². The predicted octanol–water partition coefficient (Wildman–Crippen LogP) is 4.69. The van der Waals surface area contributed by atoms with E-state index in [2.05, 4.69) is 10.1 Å². The minimum atomic E-state index is -0.591. The molecule has 2 aliphatic carbocycles. The van der Waals surface area contributed by atoms with Gasteiger partial charge in [0, 0.05) is 12.3 Å². The van der Waals surface area contributed by atoms with Gasteiger partial charge >= 0.3 is 5.97 Å². The molecule has 2 bridgehead atoms. The fourth-order valence-electron chi connectivity index (χ4n) is 4.32. The van der Waals surface area contributed by atoms with Gasteiger partial charge in [-0.3, -0.25) is 0 Å². The number of pyridine rings is 1. The Balaban J connectivity index is 1.40. The molecule has 2 unspecified atom stereocenters. The summed E-state index contributed by atoms with van der Waals surface area (Å²) >= 11 is 6.21. The molecule has 0 N–H and O–H groups in total. The maximum absolute atomic E-state index is 12.2. The van der Waals surface area contributed by atoms with Crippen LogP contribution in [0.15, 0.2) is 24.4 Å². The Bertz CT molecular complexity index is 874. The van der Waals surface area contributed by atoms with Crippen molar-refractivity contribution >= 4 is 17.6 Å². The zero-order valence-electron chi connectivity index (χ0n) is 16.5. The lowest BCUT2D eigenvalue weighted by atomic mass is 9.90. The minimum Gasteiger partial charge on any atom is -0.476 e. The highest BCUT2D eigenvalue weighted by Crippen LogP contribution is 2.48. The zero-order chi connectivity index (χ0) is 19.9. The number of aromatic nitrogens is 3. The number of carbonyl (C=O) groups is 1. The maximum atomic E-state index is 12.2. The topological polar surface area (TPSA) is 66.2 Å². The molecule has 0 radical (unpaired) electrons. The summed E-state index contributed by atoms with van der Waals surface area (Å²) in [7, 11) is 0. The third-order valence-electron chi connectivity index (χ3n) is 5.58. The van der Waals surface area contributed by atoms with E-state index >= 15 is 0 Å². The molecule has 2 heterocycles. The second-order valence-corrected chi connectivity index (χ2v) is 9.21. The number of halogens is 1. The van der Waals surface area contributed by atoms with Gasteiger partial charge in [-0.2, -0.15) is 0 Å². The van der Waals surface area contributed by atoms with Crippen molar-refractivity contribution in [1.29, 1.82) is 0 Å². The highest BCUT2D eigenvalue weighted by atomic mass is 35.5. The first-order valence-corrected chi connectivity index (χ1v) is 10.2. The number of rotatable bonds is 5. The Kier molecular flexibility index (Phi) is 5.08. The molecule has 2 saturated carbocycles. The van der Waals surface area contributed by atoms with Gasteiger partial charge in [-0.25, -0.2) is 14.5 Å². The molecule has 28 heavy (non-hydrogen) atoms. The standard InChI is InChI=1S/C21H26ClN3O3/c1-21(2,3)28-20(26)16-6-7-17(23-19(16)22)25-9-8-18(24-25)27-12-15-11-13-4-5-14(15)10-13/h6-9,13-15H,4-5,10-12H2,1-3H3/t13?,14-,15?/m0/s1.